The molecule has 2 fully saturated rings. The summed E-state index contributed by atoms with van der Waals surface area (Å²) in [5.74, 6) is 0.192. The number of sulfonamides is 1. The Morgan fingerprint density at radius 3 is 2.38 bits per heavy atom. The summed E-state index contributed by atoms with van der Waals surface area (Å²) in [4.78, 5) is 16.4. The lowest BCUT2D eigenvalue weighted by Crippen LogP contribution is -2.50. The molecule has 0 aromatic rings. The van der Waals surface area contributed by atoms with Crippen molar-refractivity contribution < 1.29 is 13.2 Å². The molecule has 0 radical (unpaired) electrons. The van der Waals surface area contributed by atoms with Crippen LogP contribution in [0.4, 0.5) is 0 Å². The summed E-state index contributed by atoms with van der Waals surface area (Å²) in [6.45, 7) is 3.67. The van der Waals surface area contributed by atoms with Gasteiger partial charge in [0.15, 0.2) is 0 Å². The lowest BCUT2D eigenvalue weighted by molar-refractivity contribution is -0.132. The van der Waals surface area contributed by atoms with E-state index in [0.717, 1.165) is 45.3 Å². The van der Waals surface area contributed by atoms with Crippen molar-refractivity contribution in [1.29, 1.82) is 0 Å². The van der Waals surface area contributed by atoms with E-state index in [2.05, 4.69) is 9.62 Å². The molecular formula is C14H27N3O3S. The van der Waals surface area contributed by atoms with Gasteiger partial charge in [0.1, 0.15) is 0 Å². The number of rotatable bonds is 4. The van der Waals surface area contributed by atoms with Crippen LogP contribution in [-0.2, 0) is 14.8 Å². The average molecular weight is 317 g/mol. The third-order valence-corrected chi connectivity index (χ3v) is 4.97. The van der Waals surface area contributed by atoms with Gasteiger partial charge in [0.05, 0.1) is 12.8 Å². The van der Waals surface area contributed by atoms with Gasteiger partial charge in [-0.15, -0.1) is 0 Å². The smallest absolute Gasteiger partial charge is 0.236 e. The van der Waals surface area contributed by atoms with Crippen molar-refractivity contribution in [3.05, 3.63) is 0 Å². The van der Waals surface area contributed by atoms with E-state index in [1.54, 1.807) is 0 Å². The minimum absolute atomic E-state index is 0.0642. The van der Waals surface area contributed by atoms with Crippen LogP contribution < -0.4 is 4.72 Å². The Kier molecular flexibility index (Phi) is 6.01. The molecular weight excluding hydrogens is 290 g/mol. The zero-order chi connectivity index (χ0) is 15.3. The van der Waals surface area contributed by atoms with E-state index in [1.165, 1.54) is 19.1 Å². The molecule has 0 aromatic heterocycles. The van der Waals surface area contributed by atoms with E-state index < -0.39 is 10.0 Å². The van der Waals surface area contributed by atoms with Crippen molar-refractivity contribution in [3.8, 4) is 0 Å². The van der Waals surface area contributed by atoms with Gasteiger partial charge >= 0.3 is 0 Å². The van der Waals surface area contributed by atoms with Crippen LogP contribution in [0.25, 0.3) is 0 Å². The van der Waals surface area contributed by atoms with Gasteiger partial charge in [-0.1, -0.05) is 12.8 Å². The minimum Gasteiger partial charge on any atom is -0.342 e. The second-order valence-electron chi connectivity index (χ2n) is 6.26. The van der Waals surface area contributed by atoms with Gasteiger partial charge in [0, 0.05) is 25.7 Å². The zero-order valence-electron chi connectivity index (χ0n) is 12.9. The second kappa shape index (κ2) is 7.56. The lowest BCUT2D eigenvalue weighted by atomic mass is 10.1. The first-order chi connectivity index (χ1) is 9.94. The van der Waals surface area contributed by atoms with E-state index >= 15 is 0 Å². The van der Waals surface area contributed by atoms with Crippen LogP contribution in [0.5, 0.6) is 0 Å². The van der Waals surface area contributed by atoms with Gasteiger partial charge in [-0.3, -0.25) is 9.69 Å². The van der Waals surface area contributed by atoms with Gasteiger partial charge in [0.2, 0.25) is 15.9 Å². The van der Waals surface area contributed by atoms with E-state index in [-0.39, 0.29) is 11.9 Å². The molecule has 2 saturated heterocycles. The predicted molar refractivity (Wildman–Crippen MR) is 82.5 cm³/mol. The van der Waals surface area contributed by atoms with Crippen molar-refractivity contribution in [2.75, 3.05) is 39.0 Å². The molecule has 2 rings (SSSR count). The molecule has 0 spiro atoms. The topological polar surface area (TPSA) is 69.7 Å². The molecule has 0 saturated carbocycles. The number of carbonyl (C=O) groups excluding carboxylic acids is 1. The molecule has 2 aliphatic heterocycles. The van der Waals surface area contributed by atoms with Crippen LogP contribution in [0.3, 0.4) is 0 Å². The van der Waals surface area contributed by atoms with Gasteiger partial charge < -0.3 is 4.90 Å². The fourth-order valence-electron chi connectivity index (χ4n) is 3.21. The fourth-order valence-corrected chi connectivity index (χ4v) is 4.01. The molecule has 21 heavy (non-hydrogen) atoms. The largest absolute Gasteiger partial charge is 0.342 e. The summed E-state index contributed by atoms with van der Waals surface area (Å²) in [7, 11) is -3.17. The maximum Gasteiger partial charge on any atom is 0.236 e. The molecule has 1 amide bonds. The quantitative estimate of drug-likeness (QED) is 0.815. The number of amides is 1. The number of nitrogens with one attached hydrogen (secondary N) is 1. The van der Waals surface area contributed by atoms with Crippen molar-refractivity contribution >= 4 is 15.9 Å². The molecule has 7 heteroatoms. The Labute approximate surface area is 127 Å². The van der Waals surface area contributed by atoms with Crippen molar-refractivity contribution in [2.45, 2.75) is 44.6 Å². The molecule has 0 unspecified atom stereocenters. The summed E-state index contributed by atoms with van der Waals surface area (Å²) in [6, 6.07) is -0.0642. The summed E-state index contributed by atoms with van der Waals surface area (Å²) in [5.41, 5.74) is 0. The van der Waals surface area contributed by atoms with Crippen LogP contribution in [0.1, 0.15) is 38.5 Å². The molecule has 0 aromatic carbocycles. The second-order valence-corrected chi connectivity index (χ2v) is 8.04. The Morgan fingerprint density at radius 1 is 1.10 bits per heavy atom. The Morgan fingerprint density at radius 2 is 1.76 bits per heavy atom. The van der Waals surface area contributed by atoms with Gasteiger partial charge in [-0.25, -0.2) is 13.1 Å². The van der Waals surface area contributed by atoms with Crippen LogP contribution >= 0.6 is 0 Å². The minimum atomic E-state index is -3.17. The Hall–Kier alpha value is -0.660. The SMILES string of the molecule is CS(=O)(=O)N[C@H]1CCCN(CC(=O)N2CCCCCC2)C1. The summed E-state index contributed by atoms with van der Waals surface area (Å²) >= 11 is 0. The molecule has 1 N–H and O–H groups in total. The first kappa shape index (κ1) is 16.7. The first-order valence-corrected chi connectivity index (χ1v) is 9.80. The maximum absolute atomic E-state index is 12.4. The number of likely N-dealkylation sites (tertiary alicyclic amines) is 2. The zero-order valence-corrected chi connectivity index (χ0v) is 13.7. The first-order valence-electron chi connectivity index (χ1n) is 7.91. The van der Waals surface area contributed by atoms with Crippen molar-refractivity contribution in [1.82, 2.24) is 14.5 Å². The fraction of sp³-hybridized carbons (Fsp3) is 0.929. The number of hydrogen-bond donors (Lipinski definition) is 1. The number of nitrogens with zero attached hydrogens (tertiary/aromatic N) is 2. The maximum atomic E-state index is 12.4. The molecule has 122 valence electrons. The third-order valence-electron chi connectivity index (χ3n) is 4.20. The molecule has 2 heterocycles. The third kappa shape index (κ3) is 5.92. The van der Waals surface area contributed by atoms with Crippen LogP contribution in [0.2, 0.25) is 0 Å². The van der Waals surface area contributed by atoms with Crippen molar-refractivity contribution in [2.24, 2.45) is 0 Å². The highest BCUT2D eigenvalue weighted by atomic mass is 32.2. The molecule has 1 atom stereocenters. The van der Waals surface area contributed by atoms with Gasteiger partial charge in [0.25, 0.3) is 0 Å². The monoisotopic (exact) mass is 317 g/mol. The summed E-state index contributed by atoms with van der Waals surface area (Å²) < 4.78 is 25.3. The van der Waals surface area contributed by atoms with Crippen LogP contribution in [0.15, 0.2) is 0 Å². The number of carbonyl (C=O) groups is 1. The van der Waals surface area contributed by atoms with E-state index in [1.807, 2.05) is 4.90 Å². The normalized spacial score (nSPS) is 25.6. The molecule has 6 nitrogen and oxygen atoms in total. The highest BCUT2D eigenvalue weighted by molar-refractivity contribution is 7.88. The van der Waals surface area contributed by atoms with E-state index in [4.69, 9.17) is 0 Å². The van der Waals surface area contributed by atoms with Crippen LogP contribution in [-0.4, -0.2) is 69.1 Å². The lowest BCUT2D eigenvalue weighted by Gasteiger charge is -2.33. The summed E-state index contributed by atoms with van der Waals surface area (Å²) in [5, 5.41) is 0. The van der Waals surface area contributed by atoms with Gasteiger partial charge in [-0.2, -0.15) is 0 Å². The standard InChI is InChI=1S/C14H27N3O3S/c1-21(19,20)15-13-7-6-8-16(11-13)12-14(18)17-9-4-2-3-5-10-17/h13,15H,2-12H2,1H3/t13-/m0/s1. The highest BCUT2D eigenvalue weighted by Gasteiger charge is 2.25. The predicted octanol–water partition coefficient (Wildman–Crippen LogP) is 0.403. The van der Waals surface area contributed by atoms with E-state index in [9.17, 15) is 13.2 Å². The molecule has 0 bridgehead atoms. The van der Waals surface area contributed by atoms with Crippen LogP contribution in [0, 0.1) is 0 Å². The summed E-state index contributed by atoms with van der Waals surface area (Å²) in [6.07, 6.45) is 7.60. The molecule has 0 aliphatic carbocycles. The van der Waals surface area contributed by atoms with Crippen molar-refractivity contribution in [3.63, 3.8) is 0 Å². The van der Waals surface area contributed by atoms with Gasteiger partial charge in [-0.05, 0) is 32.2 Å². The Bertz CT molecular complexity index is 444. The van der Waals surface area contributed by atoms with E-state index in [0.29, 0.717) is 13.1 Å². The Balaban J connectivity index is 1.82. The number of piperidine rings is 1. The highest BCUT2D eigenvalue weighted by Crippen LogP contribution is 2.13. The molecule has 2 aliphatic rings. The average Bonchev–Trinajstić information content (AvgIpc) is 2.65. The number of hydrogen-bond acceptors (Lipinski definition) is 4.